The van der Waals surface area contributed by atoms with Crippen LogP contribution in [0.3, 0.4) is 0 Å². The molecule has 0 aliphatic carbocycles. The summed E-state index contributed by atoms with van der Waals surface area (Å²) in [7, 11) is 0. The molecular formula is C9H20O3. The van der Waals surface area contributed by atoms with Crippen molar-refractivity contribution in [3.63, 3.8) is 0 Å². The molecular weight excluding hydrogens is 156 g/mol. The van der Waals surface area contributed by atoms with Crippen molar-refractivity contribution in [3.8, 4) is 0 Å². The van der Waals surface area contributed by atoms with Gasteiger partial charge in [0.2, 0.25) is 0 Å². The fourth-order valence-corrected chi connectivity index (χ4v) is 0.649. The van der Waals surface area contributed by atoms with E-state index in [4.69, 9.17) is 14.5 Å². The van der Waals surface area contributed by atoms with E-state index in [-0.39, 0.29) is 6.29 Å². The molecule has 1 unspecified atom stereocenters. The summed E-state index contributed by atoms with van der Waals surface area (Å²) in [6.07, 6.45) is 2.93. The Bertz CT molecular complexity index is 75.8. The molecule has 74 valence electrons. The van der Waals surface area contributed by atoms with Gasteiger partial charge in [-0.2, -0.15) is 0 Å². The average molecular weight is 176 g/mol. The molecule has 0 saturated carbocycles. The van der Waals surface area contributed by atoms with Gasteiger partial charge in [0.25, 0.3) is 0 Å². The summed E-state index contributed by atoms with van der Waals surface area (Å²) >= 11 is 0. The van der Waals surface area contributed by atoms with E-state index in [9.17, 15) is 0 Å². The van der Waals surface area contributed by atoms with E-state index < -0.39 is 0 Å². The smallest absolute Gasteiger partial charge is 0.188 e. The lowest BCUT2D eigenvalue weighted by Crippen LogP contribution is -2.14. The van der Waals surface area contributed by atoms with Gasteiger partial charge in [-0.25, -0.2) is 9.78 Å². The molecule has 0 aromatic carbocycles. The van der Waals surface area contributed by atoms with Crippen LogP contribution in [0, 0.1) is 0 Å². The lowest BCUT2D eigenvalue weighted by Gasteiger charge is -2.11. The summed E-state index contributed by atoms with van der Waals surface area (Å²) in [6, 6.07) is 0. The first-order valence-electron chi connectivity index (χ1n) is 4.71. The quantitative estimate of drug-likeness (QED) is 0.246. The van der Waals surface area contributed by atoms with Gasteiger partial charge in [-0.05, 0) is 19.8 Å². The molecule has 0 aliphatic heterocycles. The molecule has 1 atom stereocenters. The molecule has 0 heterocycles. The third-order valence-corrected chi connectivity index (χ3v) is 1.34. The standard InChI is InChI=1S/C9H20O3/c1-4-6-8-10-9(3)12-11-7-5-2/h9H,4-8H2,1-3H3. The number of hydrogen-bond donors (Lipinski definition) is 0. The third kappa shape index (κ3) is 7.98. The molecule has 3 heteroatoms. The van der Waals surface area contributed by atoms with Gasteiger partial charge in [0.15, 0.2) is 6.29 Å². The van der Waals surface area contributed by atoms with E-state index in [0.29, 0.717) is 6.61 Å². The summed E-state index contributed by atoms with van der Waals surface area (Å²) in [5.74, 6) is 0. The first kappa shape index (κ1) is 11.9. The second-order valence-electron chi connectivity index (χ2n) is 2.71. The molecule has 0 N–H and O–H groups in total. The Labute approximate surface area is 74.9 Å². The zero-order chi connectivity index (χ0) is 9.23. The Morgan fingerprint density at radius 2 is 1.83 bits per heavy atom. The van der Waals surface area contributed by atoms with Gasteiger partial charge in [0.05, 0.1) is 6.61 Å². The van der Waals surface area contributed by atoms with Crippen LogP contribution in [0.5, 0.6) is 0 Å². The molecule has 3 nitrogen and oxygen atoms in total. The van der Waals surface area contributed by atoms with Gasteiger partial charge in [-0.3, -0.25) is 0 Å². The predicted octanol–water partition coefficient (Wildman–Crippen LogP) is 2.51. The molecule has 0 rings (SSSR count). The largest absolute Gasteiger partial charge is 0.350 e. The van der Waals surface area contributed by atoms with Gasteiger partial charge < -0.3 is 4.74 Å². The molecule has 0 bridgehead atoms. The Kier molecular flexibility index (Phi) is 8.88. The predicted molar refractivity (Wildman–Crippen MR) is 47.7 cm³/mol. The Hall–Kier alpha value is -0.120. The minimum atomic E-state index is -0.247. The Balaban J connectivity index is 3.04. The summed E-state index contributed by atoms with van der Waals surface area (Å²) in [6.45, 7) is 7.37. The van der Waals surface area contributed by atoms with Crippen molar-refractivity contribution in [1.29, 1.82) is 0 Å². The van der Waals surface area contributed by atoms with Crippen LogP contribution in [-0.4, -0.2) is 19.5 Å². The third-order valence-electron chi connectivity index (χ3n) is 1.34. The van der Waals surface area contributed by atoms with Gasteiger partial charge in [0.1, 0.15) is 0 Å². The first-order valence-corrected chi connectivity index (χ1v) is 4.71. The molecule has 0 aliphatic rings. The fourth-order valence-electron chi connectivity index (χ4n) is 0.649. The van der Waals surface area contributed by atoms with E-state index in [2.05, 4.69) is 6.92 Å². The van der Waals surface area contributed by atoms with Crippen molar-refractivity contribution in [2.24, 2.45) is 0 Å². The summed E-state index contributed by atoms with van der Waals surface area (Å²) < 4.78 is 5.28. The second kappa shape index (κ2) is 8.97. The summed E-state index contributed by atoms with van der Waals surface area (Å²) in [5.41, 5.74) is 0. The molecule has 0 saturated heterocycles. The minimum Gasteiger partial charge on any atom is -0.350 e. The van der Waals surface area contributed by atoms with Crippen LogP contribution >= 0.6 is 0 Å². The average Bonchev–Trinajstić information content (AvgIpc) is 2.06. The van der Waals surface area contributed by atoms with E-state index in [1.54, 1.807) is 0 Å². The molecule has 0 spiro atoms. The van der Waals surface area contributed by atoms with Crippen LogP contribution in [0.25, 0.3) is 0 Å². The van der Waals surface area contributed by atoms with E-state index in [1.807, 2.05) is 13.8 Å². The SMILES string of the molecule is CCCCOC(C)OOCCC. The van der Waals surface area contributed by atoms with Crippen molar-refractivity contribution < 1.29 is 14.5 Å². The van der Waals surface area contributed by atoms with Gasteiger partial charge >= 0.3 is 0 Å². The van der Waals surface area contributed by atoms with Crippen LogP contribution in [0.15, 0.2) is 0 Å². The van der Waals surface area contributed by atoms with Crippen LogP contribution in [0.1, 0.15) is 40.0 Å². The zero-order valence-corrected chi connectivity index (χ0v) is 8.34. The molecule has 12 heavy (non-hydrogen) atoms. The number of rotatable bonds is 8. The van der Waals surface area contributed by atoms with E-state index in [1.165, 1.54) is 0 Å². The van der Waals surface area contributed by atoms with Gasteiger partial charge in [-0.1, -0.05) is 20.3 Å². The molecule has 0 amide bonds. The van der Waals surface area contributed by atoms with Gasteiger partial charge in [-0.15, -0.1) is 0 Å². The normalized spacial score (nSPS) is 13.2. The maximum Gasteiger partial charge on any atom is 0.188 e. The monoisotopic (exact) mass is 176 g/mol. The maximum absolute atomic E-state index is 5.28. The number of ether oxygens (including phenoxy) is 1. The molecule has 0 fully saturated rings. The first-order chi connectivity index (χ1) is 5.81. The van der Waals surface area contributed by atoms with Crippen molar-refractivity contribution >= 4 is 0 Å². The van der Waals surface area contributed by atoms with Crippen LogP contribution in [0.2, 0.25) is 0 Å². The zero-order valence-electron chi connectivity index (χ0n) is 8.34. The highest BCUT2D eigenvalue weighted by atomic mass is 17.2. The van der Waals surface area contributed by atoms with Crippen LogP contribution in [-0.2, 0) is 14.5 Å². The van der Waals surface area contributed by atoms with E-state index in [0.717, 1.165) is 25.9 Å². The summed E-state index contributed by atoms with van der Waals surface area (Å²) in [5, 5.41) is 0. The topological polar surface area (TPSA) is 27.7 Å². The lowest BCUT2D eigenvalue weighted by atomic mass is 10.4. The van der Waals surface area contributed by atoms with Crippen LogP contribution < -0.4 is 0 Å². The van der Waals surface area contributed by atoms with Crippen molar-refractivity contribution in [2.45, 2.75) is 46.3 Å². The van der Waals surface area contributed by atoms with Gasteiger partial charge in [0, 0.05) is 6.61 Å². The second-order valence-corrected chi connectivity index (χ2v) is 2.71. The summed E-state index contributed by atoms with van der Waals surface area (Å²) in [4.78, 5) is 9.76. The molecule has 0 radical (unpaired) electrons. The van der Waals surface area contributed by atoms with Crippen LogP contribution in [0.4, 0.5) is 0 Å². The molecule has 0 aromatic heterocycles. The maximum atomic E-state index is 5.28. The van der Waals surface area contributed by atoms with Crippen molar-refractivity contribution in [3.05, 3.63) is 0 Å². The van der Waals surface area contributed by atoms with E-state index >= 15 is 0 Å². The molecule has 0 aromatic rings. The van der Waals surface area contributed by atoms with Crippen molar-refractivity contribution in [2.75, 3.05) is 13.2 Å². The number of hydrogen-bond acceptors (Lipinski definition) is 3. The lowest BCUT2D eigenvalue weighted by molar-refractivity contribution is -0.373. The number of unbranched alkanes of at least 4 members (excludes halogenated alkanes) is 1. The fraction of sp³-hybridized carbons (Fsp3) is 1.00. The van der Waals surface area contributed by atoms with Crippen molar-refractivity contribution in [1.82, 2.24) is 0 Å². The highest BCUT2D eigenvalue weighted by Gasteiger charge is 2.00. The highest BCUT2D eigenvalue weighted by Crippen LogP contribution is 1.97. The minimum absolute atomic E-state index is 0.247. The highest BCUT2D eigenvalue weighted by molar-refractivity contribution is 4.32. The Morgan fingerprint density at radius 1 is 1.08 bits per heavy atom. The Morgan fingerprint density at radius 3 is 2.42 bits per heavy atom.